The lowest BCUT2D eigenvalue weighted by atomic mass is 10.2. The maximum Gasteiger partial charge on any atom is 0.234 e. The zero-order chi connectivity index (χ0) is 15.9. The van der Waals surface area contributed by atoms with Crippen LogP contribution in [0.4, 0.5) is 5.69 Å². The summed E-state index contributed by atoms with van der Waals surface area (Å²) in [5, 5.41) is 4.33. The van der Waals surface area contributed by atoms with E-state index in [-0.39, 0.29) is 11.7 Å². The number of aromatic nitrogens is 2. The molecule has 0 bridgehead atoms. The van der Waals surface area contributed by atoms with Gasteiger partial charge in [0.15, 0.2) is 5.16 Å². The van der Waals surface area contributed by atoms with E-state index in [1.807, 2.05) is 0 Å². The molecule has 0 aliphatic heterocycles. The summed E-state index contributed by atoms with van der Waals surface area (Å²) in [6.07, 6.45) is 1.82. The lowest BCUT2D eigenvalue weighted by Crippen LogP contribution is -2.14. The van der Waals surface area contributed by atoms with E-state index < -0.39 is 0 Å². The van der Waals surface area contributed by atoms with Crippen LogP contribution >= 0.6 is 35.0 Å². The molecule has 1 amide bonds. The highest BCUT2D eigenvalue weighted by Gasteiger charge is 2.08. The van der Waals surface area contributed by atoms with Gasteiger partial charge < -0.3 is 5.32 Å². The zero-order valence-electron chi connectivity index (χ0n) is 12.0. The van der Waals surface area contributed by atoms with Crippen molar-refractivity contribution in [3.63, 3.8) is 0 Å². The Morgan fingerprint density at radius 2 is 1.95 bits per heavy atom. The highest BCUT2D eigenvalue weighted by molar-refractivity contribution is 7.99. The second kappa shape index (κ2) is 8.36. The van der Waals surface area contributed by atoms with E-state index in [1.54, 1.807) is 30.3 Å². The topological polar surface area (TPSA) is 54.9 Å². The van der Waals surface area contributed by atoms with Gasteiger partial charge in [0.1, 0.15) is 5.15 Å². The van der Waals surface area contributed by atoms with E-state index in [2.05, 4.69) is 22.2 Å². The van der Waals surface area contributed by atoms with Crippen molar-refractivity contribution in [1.82, 2.24) is 9.97 Å². The molecule has 1 aromatic heterocycles. The number of carbonyl (C=O) groups is 1. The molecule has 1 heterocycles. The van der Waals surface area contributed by atoms with Crippen molar-refractivity contribution in [1.29, 1.82) is 0 Å². The van der Waals surface area contributed by atoms with Crippen LogP contribution in [0, 0.1) is 0 Å². The molecular weight excluding hydrogens is 341 g/mol. The summed E-state index contributed by atoms with van der Waals surface area (Å²) in [4.78, 5) is 20.4. The van der Waals surface area contributed by atoms with Crippen molar-refractivity contribution >= 4 is 46.6 Å². The molecule has 0 spiro atoms. The number of thioether (sulfide) groups is 1. The summed E-state index contributed by atoms with van der Waals surface area (Å²) in [6.45, 7) is 2.07. The van der Waals surface area contributed by atoms with E-state index in [4.69, 9.17) is 23.2 Å². The Bertz CT molecular complexity index is 650. The van der Waals surface area contributed by atoms with Crippen molar-refractivity contribution in [2.75, 3.05) is 11.1 Å². The van der Waals surface area contributed by atoms with Crippen LogP contribution in [0.3, 0.4) is 0 Å². The fraction of sp³-hybridized carbons (Fsp3) is 0.267. The highest BCUT2D eigenvalue weighted by atomic mass is 35.5. The minimum atomic E-state index is -0.132. The Kier molecular flexibility index (Phi) is 6.49. The SMILES string of the molecule is CCCc1cc(Cl)nc(SCC(=O)Nc2ccc(Cl)cc2)n1. The molecule has 0 saturated carbocycles. The van der Waals surface area contributed by atoms with Crippen molar-refractivity contribution in [2.45, 2.75) is 24.9 Å². The van der Waals surface area contributed by atoms with Crippen LogP contribution in [0.2, 0.25) is 10.2 Å². The van der Waals surface area contributed by atoms with E-state index >= 15 is 0 Å². The van der Waals surface area contributed by atoms with Gasteiger partial charge in [0, 0.05) is 16.4 Å². The number of aryl methyl sites for hydroxylation is 1. The minimum absolute atomic E-state index is 0.132. The fourth-order valence-electron chi connectivity index (χ4n) is 1.75. The summed E-state index contributed by atoms with van der Waals surface area (Å²) >= 11 is 13.0. The zero-order valence-corrected chi connectivity index (χ0v) is 14.3. The van der Waals surface area contributed by atoms with Crippen LogP contribution in [0.25, 0.3) is 0 Å². The number of amides is 1. The normalized spacial score (nSPS) is 10.5. The predicted molar refractivity (Wildman–Crippen MR) is 91.8 cm³/mol. The van der Waals surface area contributed by atoms with Gasteiger partial charge in [-0.3, -0.25) is 4.79 Å². The number of nitrogens with one attached hydrogen (secondary N) is 1. The summed E-state index contributed by atoms with van der Waals surface area (Å²) in [7, 11) is 0. The first-order chi connectivity index (χ1) is 10.6. The second-order valence-corrected chi connectivity index (χ2v) is 6.32. The average Bonchev–Trinajstić information content (AvgIpc) is 2.47. The van der Waals surface area contributed by atoms with Gasteiger partial charge in [0.25, 0.3) is 0 Å². The maximum atomic E-state index is 11.9. The number of nitrogens with zero attached hydrogens (tertiary/aromatic N) is 2. The molecular formula is C15H15Cl2N3OS. The fourth-order valence-corrected chi connectivity index (χ4v) is 2.81. The van der Waals surface area contributed by atoms with Gasteiger partial charge in [0.2, 0.25) is 5.91 Å². The molecule has 22 heavy (non-hydrogen) atoms. The molecule has 0 atom stereocenters. The molecule has 0 unspecified atom stereocenters. The van der Waals surface area contributed by atoms with Crippen LogP contribution in [-0.2, 0) is 11.2 Å². The molecule has 2 aromatic rings. The van der Waals surface area contributed by atoms with Crippen LogP contribution in [0.1, 0.15) is 19.0 Å². The molecule has 0 saturated heterocycles. The van der Waals surface area contributed by atoms with Crippen molar-refractivity contribution in [3.05, 3.63) is 46.2 Å². The number of benzene rings is 1. The molecule has 2 rings (SSSR count). The molecule has 0 aliphatic rings. The summed E-state index contributed by atoms with van der Waals surface area (Å²) in [6, 6.07) is 8.70. The Balaban J connectivity index is 1.91. The first kappa shape index (κ1) is 17.1. The van der Waals surface area contributed by atoms with Gasteiger partial charge >= 0.3 is 0 Å². The van der Waals surface area contributed by atoms with Crippen molar-refractivity contribution < 1.29 is 4.79 Å². The van der Waals surface area contributed by atoms with Crippen molar-refractivity contribution in [3.8, 4) is 0 Å². The van der Waals surface area contributed by atoms with Crippen LogP contribution < -0.4 is 5.32 Å². The Hall–Kier alpha value is -1.30. The van der Waals surface area contributed by atoms with E-state index in [0.29, 0.717) is 21.0 Å². The number of rotatable bonds is 6. The minimum Gasteiger partial charge on any atom is -0.325 e. The number of hydrogen-bond acceptors (Lipinski definition) is 4. The molecule has 0 radical (unpaired) electrons. The predicted octanol–water partition coefficient (Wildman–Crippen LogP) is 4.47. The van der Waals surface area contributed by atoms with Crippen molar-refractivity contribution in [2.24, 2.45) is 0 Å². The molecule has 7 heteroatoms. The number of halogens is 2. The molecule has 4 nitrogen and oxygen atoms in total. The average molecular weight is 356 g/mol. The molecule has 0 aliphatic carbocycles. The Morgan fingerprint density at radius 1 is 1.23 bits per heavy atom. The standard InChI is InChI=1S/C15H15Cl2N3OS/c1-2-3-12-8-13(17)20-15(19-12)22-9-14(21)18-11-6-4-10(16)5-7-11/h4-8H,2-3,9H2,1H3,(H,18,21). The van der Waals surface area contributed by atoms with Crippen LogP contribution in [0.5, 0.6) is 0 Å². The largest absolute Gasteiger partial charge is 0.325 e. The quantitative estimate of drug-likeness (QED) is 0.471. The molecule has 0 fully saturated rings. The molecule has 116 valence electrons. The van der Waals surface area contributed by atoms with Gasteiger partial charge in [-0.2, -0.15) is 0 Å². The Morgan fingerprint density at radius 3 is 2.64 bits per heavy atom. The first-order valence-corrected chi connectivity index (χ1v) is 8.52. The third-order valence-corrected chi connectivity index (χ3v) is 3.99. The van der Waals surface area contributed by atoms with Gasteiger partial charge in [0.05, 0.1) is 5.75 Å². The van der Waals surface area contributed by atoms with Gasteiger partial charge in [-0.15, -0.1) is 0 Å². The monoisotopic (exact) mass is 355 g/mol. The number of hydrogen-bond donors (Lipinski definition) is 1. The van der Waals surface area contributed by atoms with Crippen LogP contribution in [-0.4, -0.2) is 21.6 Å². The Labute approximate surface area is 143 Å². The number of anilines is 1. The lowest BCUT2D eigenvalue weighted by Gasteiger charge is -2.06. The van der Waals surface area contributed by atoms with E-state index in [9.17, 15) is 4.79 Å². The lowest BCUT2D eigenvalue weighted by molar-refractivity contribution is -0.113. The van der Waals surface area contributed by atoms with E-state index in [0.717, 1.165) is 18.5 Å². The first-order valence-electron chi connectivity index (χ1n) is 6.78. The second-order valence-electron chi connectivity index (χ2n) is 4.56. The summed E-state index contributed by atoms with van der Waals surface area (Å²) in [5.74, 6) is 0.0853. The maximum absolute atomic E-state index is 11.9. The summed E-state index contributed by atoms with van der Waals surface area (Å²) in [5.41, 5.74) is 1.59. The third kappa shape index (κ3) is 5.48. The summed E-state index contributed by atoms with van der Waals surface area (Å²) < 4.78 is 0. The van der Waals surface area contributed by atoms with Gasteiger partial charge in [-0.05, 0) is 36.8 Å². The molecule has 1 N–H and O–H groups in total. The number of carbonyl (C=O) groups excluding carboxylic acids is 1. The van der Waals surface area contributed by atoms with Gasteiger partial charge in [-0.1, -0.05) is 48.3 Å². The highest BCUT2D eigenvalue weighted by Crippen LogP contribution is 2.19. The third-order valence-electron chi connectivity index (χ3n) is 2.69. The van der Waals surface area contributed by atoms with Gasteiger partial charge in [-0.25, -0.2) is 9.97 Å². The van der Waals surface area contributed by atoms with E-state index in [1.165, 1.54) is 11.8 Å². The smallest absolute Gasteiger partial charge is 0.234 e. The molecule has 1 aromatic carbocycles. The van der Waals surface area contributed by atoms with Crippen LogP contribution in [0.15, 0.2) is 35.5 Å².